The number of ether oxygens (including phenoxy) is 4. The summed E-state index contributed by atoms with van der Waals surface area (Å²) in [5.74, 6) is -1.98. The molecule has 0 aliphatic carbocycles. The van der Waals surface area contributed by atoms with E-state index in [-0.39, 0.29) is 18.8 Å². The number of aryl methyl sites for hydroxylation is 1. The zero-order chi connectivity index (χ0) is 25.6. The Bertz CT molecular complexity index is 1010. The Morgan fingerprint density at radius 2 is 1.00 bits per heavy atom. The second-order valence-electron chi connectivity index (χ2n) is 7.98. The maximum absolute atomic E-state index is 12.4. The predicted octanol–water partition coefficient (Wildman–Crippen LogP) is 4.92. The molecule has 0 unspecified atom stereocenters. The van der Waals surface area contributed by atoms with Crippen LogP contribution >= 0.6 is 0 Å². The van der Waals surface area contributed by atoms with Crippen molar-refractivity contribution in [2.45, 2.75) is 46.0 Å². The van der Waals surface area contributed by atoms with E-state index in [1.165, 1.54) is 37.4 Å². The number of carbonyl (C=O) groups excluding carboxylic acids is 4. The molecule has 0 amide bonds. The average Bonchev–Trinajstić information content (AvgIpc) is 2.87. The van der Waals surface area contributed by atoms with Crippen LogP contribution in [0.3, 0.4) is 0 Å². The van der Waals surface area contributed by atoms with Gasteiger partial charge in [-0.3, -0.25) is 0 Å². The van der Waals surface area contributed by atoms with Crippen LogP contribution in [0.25, 0.3) is 0 Å². The summed E-state index contributed by atoms with van der Waals surface area (Å²) >= 11 is 0. The standard InChI is InChI=1S/C27H32O8/c1-4-5-6-13-34-26(30)22-16-19(2)17-23(18-22)27(31)35-15-8-7-14-33-25(29)21-11-9-20(10-12-21)24(28)32-3/h9-12,16-18H,4-8,13-15H2,1-3H3. The van der Waals surface area contributed by atoms with Crippen LogP contribution in [-0.2, 0) is 18.9 Å². The van der Waals surface area contributed by atoms with Crippen LogP contribution in [0.4, 0.5) is 0 Å². The molecule has 0 aliphatic heterocycles. The van der Waals surface area contributed by atoms with Gasteiger partial charge in [0.25, 0.3) is 0 Å². The topological polar surface area (TPSA) is 105 Å². The first-order chi connectivity index (χ1) is 16.8. The summed E-state index contributed by atoms with van der Waals surface area (Å²) in [6.07, 6.45) is 3.83. The molecule has 0 spiro atoms. The van der Waals surface area contributed by atoms with Crippen LogP contribution in [0.1, 0.15) is 86.0 Å². The van der Waals surface area contributed by atoms with Gasteiger partial charge in [0.2, 0.25) is 0 Å². The Kier molecular flexibility index (Phi) is 11.5. The SMILES string of the molecule is CCCCCOC(=O)c1cc(C)cc(C(=O)OCCCCOC(=O)c2ccc(C(=O)OC)cc2)c1. The minimum atomic E-state index is -0.531. The van der Waals surface area contributed by atoms with Crippen molar-refractivity contribution >= 4 is 23.9 Å². The second-order valence-corrected chi connectivity index (χ2v) is 7.98. The van der Waals surface area contributed by atoms with Gasteiger partial charge in [-0.05, 0) is 74.2 Å². The molecule has 8 heteroatoms. The molecule has 0 fully saturated rings. The third kappa shape index (κ3) is 9.23. The van der Waals surface area contributed by atoms with Gasteiger partial charge in [-0.2, -0.15) is 0 Å². The quantitative estimate of drug-likeness (QED) is 0.224. The first-order valence-corrected chi connectivity index (χ1v) is 11.7. The molecule has 0 saturated heterocycles. The summed E-state index contributed by atoms with van der Waals surface area (Å²) < 4.78 is 20.4. The van der Waals surface area contributed by atoms with Crippen molar-refractivity contribution in [2.24, 2.45) is 0 Å². The molecule has 2 rings (SSSR count). The van der Waals surface area contributed by atoms with Gasteiger partial charge in [-0.15, -0.1) is 0 Å². The molecule has 2 aromatic carbocycles. The fourth-order valence-electron chi connectivity index (χ4n) is 3.18. The largest absolute Gasteiger partial charge is 0.465 e. The molecule has 0 saturated carbocycles. The molecule has 0 radical (unpaired) electrons. The number of methoxy groups -OCH3 is 1. The third-order valence-corrected chi connectivity index (χ3v) is 5.08. The lowest BCUT2D eigenvalue weighted by Crippen LogP contribution is -2.12. The van der Waals surface area contributed by atoms with Crippen molar-refractivity contribution < 1.29 is 38.1 Å². The fourth-order valence-corrected chi connectivity index (χ4v) is 3.18. The van der Waals surface area contributed by atoms with Crippen LogP contribution in [0, 0.1) is 6.92 Å². The van der Waals surface area contributed by atoms with E-state index in [2.05, 4.69) is 11.7 Å². The highest BCUT2D eigenvalue weighted by atomic mass is 16.5. The van der Waals surface area contributed by atoms with Gasteiger partial charge in [0.05, 0.1) is 49.2 Å². The molecule has 0 bridgehead atoms. The van der Waals surface area contributed by atoms with Crippen molar-refractivity contribution in [1.82, 2.24) is 0 Å². The lowest BCUT2D eigenvalue weighted by Gasteiger charge is -2.09. The number of rotatable bonds is 13. The summed E-state index contributed by atoms with van der Waals surface area (Å²) in [6.45, 7) is 4.52. The molecule has 0 heterocycles. The van der Waals surface area contributed by atoms with Gasteiger partial charge in [0, 0.05) is 0 Å². The van der Waals surface area contributed by atoms with E-state index in [4.69, 9.17) is 14.2 Å². The smallest absolute Gasteiger partial charge is 0.338 e. The van der Waals surface area contributed by atoms with E-state index in [9.17, 15) is 19.2 Å². The summed E-state index contributed by atoms with van der Waals surface area (Å²) in [7, 11) is 1.28. The maximum atomic E-state index is 12.4. The highest BCUT2D eigenvalue weighted by Crippen LogP contribution is 2.13. The number of hydrogen-bond donors (Lipinski definition) is 0. The van der Waals surface area contributed by atoms with Crippen LogP contribution < -0.4 is 0 Å². The molecular formula is C27H32O8. The van der Waals surface area contributed by atoms with E-state index >= 15 is 0 Å². The van der Waals surface area contributed by atoms with E-state index < -0.39 is 23.9 Å². The lowest BCUT2D eigenvalue weighted by molar-refractivity contribution is 0.0431. The van der Waals surface area contributed by atoms with E-state index in [0.717, 1.165) is 24.8 Å². The minimum Gasteiger partial charge on any atom is -0.465 e. The lowest BCUT2D eigenvalue weighted by atomic mass is 10.1. The zero-order valence-electron chi connectivity index (χ0n) is 20.5. The summed E-state index contributed by atoms with van der Waals surface area (Å²) in [4.78, 5) is 48.2. The Morgan fingerprint density at radius 1 is 0.600 bits per heavy atom. The molecular weight excluding hydrogens is 452 g/mol. The Morgan fingerprint density at radius 3 is 1.43 bits per heavy atom. The number of benzene rings is 2. The van der Waals surface area contributed by atoms with Gasteiger partial charge >= 0.3 is 23.9 Å². The van der Waals surface area contributed by atoms with Crippen molar-refractivity contribution in [3.05, 3.63) is 70.3 Å². The Hall–Kier alpha value is -3.68. The van der Waals surface area contributed by atoms with E-state index in [0.29, 0.717) is 36.1 Å². The molecule has 35 heavy (non-hydrogen) atoms. The van der Waals surface area contributed by atoms with Gasteiger partial charge in [0.15, 0.2) is 0 Å². The molecule has 8 nitrogen and oxygen atoms in total. The van der Waals surface area contributed by atoms with Gasteiger partial charge in [0.1, 0.15) is 0 Å². The van der Waals surface area contributed by atoms with E-state index in [1.807, 2.05) is 0 Å². The summed E-state index contributed by atoms with van der Waals surface area (Å²) in [5, 5.41) is 0. The predicted molar refractivity (Wildman–Crippen MR) is 129 cm³/mol. The number of esters is 4. The maximum Gasteiger partial charge on any atom is 0.338 e. The third-order valence-electron chi connectivity index (χ3n) is 5.08. The van der Waals surface area contributed by atoms with Gasteiger partial charge in [-0.25, -0.2) is 19.2 Å². The Balaban J connectivity index is 1.73. The summed E-state index contributed by atoms with van der Waals surface area (Å²) in [6, 6.07) is 10.8. The molecule has 2 aromatic rings. The fraction of sp³-hybridized carbons (Fsp3) is 0.407. The van der Waals surface area contributed by atoms with Gasteiger partial charge in [-0.1, -0.05) is 19.8 Å². The van der Waals surface area contributed by atoms with Crippen molar-refractivity contribution in [1.29, 1.82) is 0 Å². The molecule has 0 aromatic heterocycles. The van der Waals surface area contributed by atoms with Crippen molar-refractivity contribution in [3.63, 3.8) is 0 Å². The molecule has 188 valence electrons. The monoisotopic (exact) mass is 484 g/mol. The minimum absolute atomic E-state index is 0.148. The molecule has 0 atom stereocenters. The molecule has 0 aliphatic rings. The van der Waals surface area contributed by atoms with Crippen molar-refractivity contribution in [3.8, 4) is 0 Å². The van der Waals surface area contributed by atoms with Crippen LogP contribution in [0.5, 0.6) is 0 Å². The van der Waals surface area contributed by atoms with Crippen LogP contribution in [0.15, 0.2) is 42.5 Å². The van der Waals surface area contributed by atoms with Crippen molar-refractivity contribution in [2.75, 3.05) is 26.9 Å². The van der Waals surface area contributed by atoms with Crippen LogP contribution in [0.2, 0.25) is 0 Å². The normalized spacial score (nSPS) is 10.4. The van der Waals surface area contributed by atoms with E-state index in [1.54, 1.807) is 19.1 Å². The second kappa shape index (κ2) is 14.6. The zero-order valence-corrected chi connectivity index (χ0v) is 20.5. The van der Waals surface area contributed by atoms with Gasteiger partial charge < -0.3 is 18.9 Å². The number of carbonyl (C=O) groups is 4. The first-order valence-electron chi connectivity index (χ1n) is 11.7. The van der Waals surface area contributed by atoms with Crippen LogP contribution in [-0.4, -0.2) is 50.8 Å². The average molecular weight is 485 g/mol. The number of unbranched alkanes of at least 4 members (excludes halogenated alkanes) is 3. The Labute approximate surface area is 205 Å². The summed E-state index contributed by atoms with van der Waals surface area (Å²) in [5.41, 5.74) is 2.03. The number of hydrogen-bond acceptors (Lipinski definition) is 8. The molecule has 0 N–H and O–H groups in total. The first kappa shape index (κ1) is 27.6. The highest BCUT2D eigenvalue weighted by molar-refractivity contribution is 5.96. The highest BCUT2D eigenvalue weighted by Gasteiger charge is 2.14.